The normalized spacial score (nSPS) is 11.2. The maximum absolute atomic E-state index is 12.7. The monoisotopic (exact) mass is 380 g/mol. The van der Waals surface area contributed by atoms with Crippen LogP contribution < -0.4 is 4.72 Å². The number of para-hydroxylation sites is 1. The summed E-state index contributed by atoms with van der Waals surface area (Å²) >= 11 is 6.09. The zero-order valence-electron chi connectivity index (χ0n) is 14.4. The molecule has 0 radical (unpaired) electrons. The van der Waals surface area contributed by atoms with Crippen LogP contribution in [0.5, 0.6) is 0 Å². The van der Waals surface area contributed by atoms with Crippen molar-refractivity contribution in [2.24, 2.45) is 0 Å². The molecule has 0 spiro atoms. The lowest BCUT2D eigenvalue weighted by atomic mass is 10.2. The fourth-order valence-electron chi connectivity index (χ4n) is 2.42. The van der Waals surface area contributed by atoms with Gasteiger partial charge >= 0.3 is 0 Å². The lowest BCUT2D eigenvalue weighted by Crippen LogP contribution is -2.30. The number of benzene rings is 2. The molecule has 1 amide bonds. The van der Waals surface area contributed by atoms with Gasteiger partial charge in [0, 0.05) is 18.7 Å². The molecule has 0 saturated heterocycles. The van der Waals surface area contributed by atoms with Gasteiger partial charge in [0.15, 0.2) is 0 Å². The SMILES string of the molecule is CCN(CC)C(=O)c1ccc(Cl)c(S(=O)(=O)Nc2ccccc2C)c1. The summed E-state index contributed by atoms with van der Waals surface area (Å²) in [6.45, 7) is 6.63. The third kappa shape index (κ3) is 4.32. The number of hydrogen-bond donors (Lipinski definition) is 1. The quantitative estimate of drug-likeness (QED) is 0.825. The van der Waals surface area contributed by atoms with Crippen LogP contribution in [0.4, 0.5) is 5.69 Å². The number of amides is 1. The number of hydrogen-bond acceptors (Lipinski definition) is 3. The predicted octanol–water partition coefficient (Wildman–Crippen LogP) is 3.93. The van der Waals surface area contributed by atoms with E-state index in [2.05, 4.69) is 4.72 Å². The Balaban J connectivity index is 2.42. The van der Waals surface area contributed by atoms with Crippen LogP contribution in [0.3, 0.4) is 0 Å². The van der Waals surface area contributed by atoms with Crippen LogP contribution in [0.2, 0.25) is 5.02 Å². The summed E-state index contributed by atoms with van der Waals surface area (Å²) in [6, 6.07) is 11.3. The van der Waals surface area contributed by atoms with E-state index >= 15 is 0 Å². The van der Waals surface area contributed by atoms with Crippen molar-refractivity contribution in [3.63, 3.8) is 0 Å². The minimum absolute atomic E-state index is 0.0668. The summed E-state index contributed by atoms with van der Waals surface area (Å²) in [6.07, 6.45) is 0. The zero-order valence-corrected chi connectivity index (χ0v) is 16.0. The Labute approximate surface area is 153 Å². The Morgan fingerprint density at radius 2 is 1.76 bits per heavy atom. The largest absolute Gasteiger partial charge is 0.339 e. The Morgan fingerprint density at radius 3 is 2.36 bits per heavy atom. The van der Waals surface area contributed by atoms with E-state index in [-0.39, 0.29) is 15.8 Å². The molecule has 0 unspecified atom stereocenters. The van der Waals surface area contributed by atoms with Crippen LogP contribution in [0.1, 0.15) is 29.8 Å². The zero-order chi connectivity index (χ0) is 18.6. The van der Waals surface area contributed by atoms with Crippen molar-refractivity contribution >= 4 is 33.2 Å². The molecule has 2 aromatic carbocycles. The van der Waals surface area contributed by atoms with E-state index in [0.29, 0.717) is 24.3 Å². The molecule has 2 rings (SSSR count). The van der Waals surface area contributed by atoms with Crippen LogP contribution in [0, 0.1) is 6.92 Å². The lowest BCUT2D eigenvalue weighted by Gasteiger charge is -2.19. The van der Waals surface area contributed by atoms with Gasteiger partial charge in [-0.15, -0.1) is 0 Å². The van der Waals surface area contributed by atoms with Gasteiger partial charge in [-0.2, -0.15) is 0 Å². The van der Waals surface area contributed by atoms with Gasteiger partial charge in [0.1, 0.15) is 4.90 Å². The molecule has 0 aliphatic carbocycles. The van der Waals surface area contributed by atoms with E-state index in [4.69, 9.17) is 11.6 Å². The second-order valence-electron chi connectivity index (χ2n) is 5.54. The second kappa shape index (κ2) is 7.89. The first-order valence-electron chi connectivity index (χ1n) is 7.97. The minimum atomic E-state index is -3.91. The summed E-state index contributed by atoms with van der Waals surface area (Å²) < 4.78 is 28.0. The van der Waals surface area contributed by atoms with E-state index < -0.39 is 10.0 Å². The fourth-order valence-corrected chi connectivity index (χ4v) is 4.08. The van der Waals surface area contributed by atoms with E-state index in [1.807, 2.05) is 19.9 Å². The molecule has 0 heterocycles. The molecule has 0 aromatic heterocycles. The van der Waals surface area contributed by atoms with Gasteiger partial charge in [-0.25, -0.2) is 8.42 Å². The smallest absolute Gasteiger partial charge is 0.263 e. The molecule has 7 heteroatoms. The number of aryl methyl sites for hydroxylation is 1. The molecule has 0 fully saturated rings. The molecule has 0 aliphatic heterocycles. The summed E-state index contributed by atoms with van der Waals surface area (Å²) in [5, 5.41) is 0.0668. The van der Waals surface area contributed by atoms with Gasteiger partial charge in [-0.3, -0.25) is 9.52 Å². The highest BCUT2D eigenvalue weighted by Gasteiger charge is 2.22. The van der Waals surface area contributed by atoms with Crippen molar-refractivity contribution in [3.05, 3.63) is 58.6 Å². The highest BCUT2D eigenvalue weighted by atomic mass is 35.5. The second-order valence-corrected chi connectivity index (χ2v) is 7.60. The van der Waals surface area contributed by atoms with E-state index in [9.17, 15) is 13.2 Å². The third-order valence-electron chi connectivity index (χ3n) is 3.91. The van der Waals surface area contributed by atoms with Crippen LogP contribution >= 0.6 is 11.6 Å². The number of nitrogens with zero attached hydrogens (tertiary/aromatic N) is 1. The summed E-state index contributed by atoms with van der Waals surface area (Å²) in [4.78, 5) is 14.0. The van der Waals surface area contributed by atoms with Crippen molar-refractivity contribution < 1.29 is 13.2 Å². The van der Waals surface area contributed by atoms with E-state index in [1.54, 1.807) is 30.0 Å². The number of carbonyl (C=O) groups is 1. The van der Waals surface area contributed by atoms with Crippen LogP contribution in [-0.4, -0.2) is 32.3 Å². The molecule has 0 aliphatic rings. The molecule has 134 valence electrons. The van der Waals surface area contributed by atoms with Gasteiger partial charge in [0.2, 0.25) is 0 Å². The average molecular weight is 381 g/mol. The summed E-state index contributed by atoms with van der Waals surface area (Å²) in [5.74, 6) is -0.228. The van der Waals surface area contributed by atoms with Crippen LogP contribution in [0.15, 0.2) is 47.4 Å². The molecular weight excluding hydrogens is 360 g/mol. The van der Waals surface area contributed by atoms with Gasteiger partial charge in [-0.1, -0.05) is 29.8 Å². The number of rotatable bonds is 6. The minimum Gasteiger partial charge on any atom is -0.339 e. The Bertz CT molecular complexity index is 878. The van der Waals surface area contributed by atoms with Crippen molar-refractivity contribution in [3.8, 4) is 0 Å². The van der Waals surface area contributed by atoms with Crippen LogP contribution in [0.25, 0.3) is 0 Å². The standard InChI is InChI=1S/C18H21ClN2O3S/c1-4-21(5-2)18(22)14-10-11-15(19)17(12-14)25(23,24)20-16-9-7-6-8-13(16)3/h6-12,20H,4-5H2,1-3H3. The molecule has 0 atom stereocenters. The summed E-state index contributed by atoms with van der Waals surface area (Å²) in [7, 11) is -3.91. The van der Waals surface area contributed by atoms with Gasteiger partial charge in [0.05, 0.1) is 10.7 Å². The lowest BCUT2D eigenvalue weighted by molar-refractivity contribution is 0.0772. The van der Waals surface area contributed by atoms with E-state index in [1.165, 1.54) is 18.2 Å². The first-order valence-corrected chi connectivity index (χ1v) is 9.83. The first kappa shape index (κ1) is 19.3. The van der Waals surface area contributed by atoms with Crippen molar-refractivity contribution in [2.75, 3.05) is 17.8 Å². The number of nitrogens with one attached hydrogen (secondary N) is 1. The Kier molecular flexibility index (Phi) is 6.08. The Morgan fingerprint density at radius 1 is 1.12 bits per heavy atom. The van der Waals surface area contributed by atoms with Gasteiger partial charge < -0.3 is 4.90 Å². The molecule has 2 aromatic rings. The van der Waals surface area contributed by atoms with Gasteiger partial charge in [0.25, 0.3) is 15.9 Å². The van der Waals surface area contributed by atoms with Gasteiger partial charge in [-0.05, 0) is 50.6 Å². The highest BCUT2D eigenvalue weighted by Crippen LogP contribution is 2.26. The molecular formula is C18H21ClN2O3S. The number of halogens is 1. The highest BCUT2D eigenvalue weighted by molar-refractivity contribution is 7.92. The third-order valence-corrected chi connectivity index (χ3v) is 5.75. The Hall–Kier alpha value is -2.05. The maximum Gasteiger partial charge on any atom is 0.263 e. The van der Waals surface area contributed by atoms with Crippen molar-refractivity contribution in [2.45, 2.75) is 25.7 Å². The predicted molar refractivity (Wildman–Crippen MR) is 101 cm³/mol. The number of anilines is 1. The molecule has 25 heavy (non-hydrogen) atoms. The average Bonchev–Trinajstić information content (AvgIpc) is 2.58. The summed E-state index contributed by atoms with van der Waals surface area (Å²) in [5.41, 5.74) is 1.55. The molecule has 5 nitrogen and oxygen atoms in total. The fraction of sp³-hybridized carbons (Fsp3) is 0.278. The number of carbonyl (C=O) groups excluding carboxylic acids is 1. The number of sulfonamides is 1. The molecule has 0 saturated carbocycles. The molecule has 0 bridgehead atoms. The van der Waals surface area contributed by atoms with Crippen LogP contribution in [-0.2, 0) is 10.0 Å². The van der Waals surface area contributed by atoms with E-state index in [0.717, 1.165) is 5.56 Å². The molecule has 1 N–H and O–H groups in total. The van der Waals surface area contributed by atoms with Crippen molar-refractivity contribution in [1.82, 2.24) is 4.90 Å². The maximum atomic E-state index is 12.7. The first-order chi connectivity index (χ1) is 11.8. The topological polar surface area (TPSA) is 66.5 Å². The van der Waals surface area contributed by atoms with Crippen molar-refractivity contribution in [1.29, 1.82) is 0 Å².